The lowest BCUT2D eigenvalue weighted by molar-refractivity contribution is -0.143. The average Bonchev–Trinajstić information content (AvgIpc) is 2.74. The zero-order valence-corrected chi connectivity index (χ0v) is 22.9. The molecule has 0 aromatic heterocycles. The number of benzene rings is 2. The van der Waals surface area contributed by atoms with Crippen LogP contribution in [0.1, 0.15) is 26.7 Å². The standard InChI is InChI=1S/C23H24Br2N4O2S2/c1-23(2)13(12-19(30)28-21(32)26-16-7-3-14(24)4-8-16)11-18(23)20(31)29-22(33)27-17-9-5-15(25)6-10-17/h3-10,13,18H,11-12H2,1-2H3,(H2,26,28,30,32)(H2,27,29,31,33). The lowest BCUT2D eigenvalue weighted by Crippen LogP contribution is -2.55. The molecule has 2 aromatic rings. The highest BCUT2D eigenvalue weighted by Crippen LogP contribution is 2.52. The van der Waals surface area contributed by atoms with Crippen molar-refractivity contribution in [2.24, 2.45) is 17.3 Å². The molecule has 0 radical (unpaired) electrons. The summed E-state index contributed by atoms with van der Waals surface area (Å²) in [5, 5.41) is 12.0. The summed E-state index contributed by atoms with van der Waals surface area (Å²) in [6, 6.07) is 15.0. The predicted molar refractivity (Wildman–Crippen MR) is 147 cm³/mol. The Morgan fingerprint density at radius 1 is 0.879 bits per heavy atom. The van der Waals surface area contributed by atoms with Gasteiger partial charge in [-0.15, -0.1) is 0 Å². The number of anilines is 2. The molecule has 4 N–H and O–H groups in total. The van der Waals surface area contributed by atoms with E-state index in [-0.39, 0.29) is 39.3 Å². The van der Waals surface area contributed by atoms with Crippen molar-refractivity contribution in [2.75, 3.05) is 10.6 Å². The van der Waals surface area contributed by atoms with Crippen LogP contribution in [0.2, 0.25) is 0 Å². The maximum atomic E-state index is 12.8. The third kappa shape index (κ3) is 7.05. The normalized spacial score (nSPS) is 18.4. The van der Waals surface area contributed by atoms with Gasteiger partial charge in [0.05, 0.1) is 0 Å². The summed E-state index contributed by atoms with van der Waals surface area (Å²) in [4.78, 5) is 25.2. The van der Waals surface area contributed by atoms with Crippen LogP contribution in [0.4, 0.5) is 11.4 Å². The number of nitrogens with one attached hydrogen (secondary N) is 4. The van der Waals surface area contributed by atoms with Crippen LogP contribution in [0.15, 0.2) is 57.5 Å². The molecule has 0 heterocycles. The molecule has 2 unspecified atom stereocenters. The smallest absolute Gasteiger partial charge is 0.229 e. The number of thiocarbonyl (C=S) groups is 2. The van der Waals surface area contributed by atoms with E-state index in [1.165, 1.54) is 0 Å². The lowest BCUT2D eigenvalue weighted by atomic mass is 9.53. The molecule has 3 rings (SSSR count). The van der Waals surface area contributed by atoms with Gasteiger partial charge in [-0.1, -0.05) is 45.7 Å². The van der Waals surface area contributed by atoms with E-state index in [1.807, 2.05) is 62.4 Å². The Bertz CT molecular complexity index is 1060. The first-order chi connectivity index (χ1) is 15.5. The van der Waals surface area contributed by atoms with E-state index < -0.39 is 0 Å². The molecule has 2 aromatic carbocycles. The van der Waals surface area contributed by atoms with Crippen molar-refractivity contribution in [1.29, 1.82) is 0 Å². The Hall–Kier alpha value is -1.88. The Labute approximate surface area is 220 Å². The van der Waals surface area contributed by atoms with Gasteiger partial charge >= 0.3 is 0 Å². The van der Waals surface area contributed by atoms with E-state index in [4.69, 9.17) is 24.4 Å². The summed E-state index contributed by atoms with van der Waals surface area (Å²) in [5.74, 6) is -0.475. The summed E-state index contributed by atoms with van der Waals surface area (Å²) in [6.07, 6.45) is 0.903. The van der Waals surface area contributed by atoms with E-state index in [0.717, 1.165) is 20.3 Å². The van der Waals surface area contributed by atoms with Gasteiger partial charge in [0.1, 0.15) is 0 Å². The third-order valence-electron chi connectivity index (χ3n) is 5.91. The summed E-state index contributed by atoms with van der Waals surface area (Å²) in [6.45, 7) is 4.00. The second kappa shape index (κ2) is 11.0. The Kier molecular flexibility index (Phi) is 8.60. The maximum Gasteiger partial charge on any atom is 0.229 e. The molecule has 1 saturated carbocycles. The number of carbonyl (C=O) groups excluding carboxylic acids is 2. The molecule has 0 bridgehead atoms. The van der Waals surface area contributed by atoms with Gasteiger partial charge in [0.15, 0.2) is 10.2 Å². The highest BCUT2D eigenvalue weighted by atomic mass is 79.9. The molecule has 0 spiro atoms. The van der Waals surface area contributed by atoms with Crippen LogP contribution in [0.5, 0.6) is 0 Å². The molecule has 1 fully saturated rings. The molecule has 2 amide bonds. The minimum atomic E-state index is -0.338. The molecule has 33 heavy (non-hydrogen) atoms. The molecule has 0 saturated heterocycles. The highest BCUT2D eigenvalue weighted by Gasteiger charge is 2.52. The number of amides is 2. The van der Waals surface area contributed by atoms with E-state index in [9.17, 15) is 9.59 Å². The molecule has 0 aliphatic heterocycles. The topological polar surface area (TPSA) is 82.3 Å². The number of carbonyl (C=O) groups is 2. The van der Waals surface area contributed by atoms with Crippen LogP contribution in [0, 0.1) is 17.3 Å². The zero-order chi connectivity index (χ0) is 24.2. The van der Waals surface area contributed by atoms with E-state index in [2.05, 4.69) is 53.1 Å². The monoisotopic (exact) mass is 610 g/mol. The van der Waals surface area contributed by atoms with Crippen LogP contribution in [0.25, 0.3) is 0 Å². The molecule has 10 heteroatoms. The van der Waals surface area contributed by atoms with Crippen LogP contribution >= 0.6 is 56.3 Å². The predicted octanol–water partition coefficient (Wildman–Crippen LogP) is 5.59. The average molecular weight is 612 g/mol. The quantitative estimate of drug-likeness (QED) is 0.330. The van der Waals surface area contributed by atoms with Crippen LogP contribution in [-0.4, -0.2) is 22.0 Å². The number of halogens is 2. The summed E-state index contributed by atoms with van der Waals surface area (Å²) >= 11 is 17.3. The minimum absolute atomic E-state index is 0.0664. The molecular formula is C23H24Br2N4O2S2. The van der Waals surface area contributed by atoms with Gasteiger partial charge in [0.25, 0.3) is 0 Å². The summed E-state index contributed by atoms with van der Waals surface area (Å²) in [5.41, 5.74) is 1.24. The largest absolute Gasteiger partial charge is 0.332 e. The van der Waals surface area contributed by atoms with Crippen molar-refractivity contribution in [3.8, 4) is 0 Å². The first kappa shape index (κ1) is 25.7. The van der Waals surface area contributed by atoms with Gasteiger partial charge in [0.2, 0.25) is 11.8 Å². The van der Waals surface area contributed by atoms with Crippen molar-refractivity contribution in [1.82, 2.24) is 10.6 Å². The Morgan fingerprint density at radius 3 is 1.79 bits per heavy atom. The molecule has 1 aliphatic rings. The van der Waals surface area contributed by atoms with Crippen LogP contribution < -0.4 is 21.3 Å². The van der Waals surface area contributed by atoms with Gasteiger partial charge in [-0.05, 0) is 90.7 Å². The molecule has 6 nitrogen and oxygen atoms in total. The second-order valence-corrected chi connectivity index (χ2v) is 11.1. The van der Waals surface area contributed by atoms with Gasteiger partial charge < -0.3 is 21.3 Å². The third-order valence-corrected chi connectivity index (χ3v) is 7.38. The summed E-state index contributed by atoms with van der Waals surface area (Å²) in [7, 11) is 0. The molecular weight excluding hydrogens is 588 g/mol. The van der Waals surface area contributed by atoms with Crippen molar-refractivity contribution >= 4 is 89.7 Å². The maximum absolute atomic E-state index is 12.8. The second-order valence-electron chi connectivity index (χ2n) is 8.47. The van der Waals surface area contributed by atoms with Crippen molar-refractivity contribution < 1.29 is 9.59 Å². The minimum Gasteiger partial charge on any atom is -0.332 e. The van der Waals surface area contributed by atoms with Crippen LogP contribution in [-0.2, 0) is 9.59 Å². The van der Waals surface area contributed by atoms with Crippen molar-refractivity contribution in [3.63, 3.8) is 0 Å². The highest BCUT2D eigenvalue weighted by molar-refractivity contribution is 9.10. The van der Waals surface area contributed by atoms with E-state index >= 15 is 0 Å². The van der Waals surface area contributed by atoms with Crippen molar-refractivity contribution in [2.45, 2.75) is 26.7 Å². The molecule has 174 valence electrons. The zero-order valence-electron chi connectivity index (χ0n) is 18.1. The SMILES string of the molecule is CC1(C)C(CC(=O)NC(=S)Nc2ccc(Br)cc2)CC1C(=O)NC(=S)Nc1ccc(Br)cc1. The van der Waals surface area contributed by atoms with Crippen molar-refractivity contribution in [3.05, 3.63) is 57.5 Å². The Balaban J connectivity index is 1.45. The van der Waals surface area contributed by atoms with Crippen LogP contribution in [0.3, 0.4) is 0 Å². The fourth-order valence-corrected chi connectivity index (χ4v) is 4.78. The van der Waals surface area contributed by atoms with Gasteiger partial charge in [0, 0.05) is 32.7 Å². The number of hydrogen-bond donors (Lipinski definition) is 4. The fraction of sp³-hybridized carbons (Fsp3) is 0.304. The van der Waals surface area contributed by atoms with Gasteiger partial charge in [-0.25, -0.2) is 0 Å². The van der Waals surface area contributed by atoms with E-state index in [1.54, 1.807) is 0 Å². The van der Waals surface area contributed by atoms with Gasteiger partial charge in [-0.3, -0.25) is 9.59 Å². The number of rotatable bonds is 5. The lowest BCUT2D eigenvalue weighted by Gasteiger charge is -2.51. The fourth-order valence-electron chi connectivity index (χ4n) is 3.80. The molecule has 1 aliphatic carbocycles. The van der Waals surface area contributed by atoms with E-state index in [0.29, 0.717) is 12.8 Å². The summed E-state index contributed by atoms with van der Waals surface area (Å²) < 4.78 is 1.91. The number of hydrogen-bond acceptors (Lipinski definition) is 4. The Morgan fingerprint density at radius 2 is 1.33 bits per heavy atom. The molecule has 2 atom stereocenters. The first-order valence-corrected chi connectivity index (χ1v) is 12.7. The van der Waals surface area contributed by atoms with Gasteiger partial charge in [-0.2, -0.15) is 0 Å². The first-order valence-electron chi connectivity index (χ1n) is 10.3.